The molecule has 0 saturated heterocycles. The van der Waals surface area contributed by atoms with Gasteiger partial charge in [0.25, 0.3) is 5.91 Å². The van der Waals surface area contributed by atoms with E-state index >= 15 is 0 Å². The minimum Gasteiger partial charge on any atom is -0.398 e. The highest BCUT2D eigenvalue weighted by Gasteiger charge is 2.34. The molecule has 1 saturated carbocycles. The molecular weight excluding hydrogens is 284 g/mol. The number of nitrogen functional groups attached to an aromatic ring is 1. The van der Waals surface area contributed by atoms with Crippen LogP contribution in [0.2, 0.25) is 5.02 Å². The van der Waals surface area contributed by atoms with Crippen LogP contribution >= 0.6 is 11.6 Å². The molecule has 3 nitrogen and oxygen atoms in total. The van der Waals surface area contributed by atoms with E-state index < -0.39 is 0 Å². The van der Waals surface area contributed by atoms with E-state index in [4.69, 9.17) is 17.3 Å². The van der Waals surface area contributed by atoms with Gasteiger partial charge in [-0.2, -0.15) is 0 Å². The molecule has 2 aromatic carbocycles. The van der Waals surface area contributed by atoms with Gasteiger partial charge in [0.05, 0.1) is 10.6 Å². The zero-order chi connectivity index (χ0) is 14.8. The Kier molecular flexibility index (Phi) is 3.84. The molecule has 1 aliphatic carbocycles. The number of anilines is 1. The number of carbonyl (C=O) groups excluding carboxylic acids is 1. The molecule has 2 aromatic rings. The normalized spacial score (nSPS) is 14.0. The second kappa shape index (κ2) is 5.78. The van der Waals surface area contributed by atoms with E-state index in [0.29, 0.717) is 28.9 Å². The monoisotopic (exact) mass is 300 g/mol. The average Bonchev–Trinajstić information content (AvgIpc) is 3.30. The summed E-state index contributed by atoms with van der Waals surface area (Å²) in [6.45, 7) is 0.592. The number of carbonyl (C=O) groups is 1. The van der Waals surface area contributed by atoms with Crippen LogP contribution in [0.4, 0.5) is 5.69 Å². The molecule has 0 bridgehead atoms. The zero-order valence-electron chi connectivity index (χ0n) is 11.6. The predicted octanol–water partition coefficient (Wildman–Crippen LogP) is 3.73. The Bertz CT molecular complexity index is 633. The number of benzene rings is 2. The SMILES string of the molecule is Nc1cccc(Cl)c1C(=O)N(Cc1ccccc1)C1CC1. The summed E-state index contributed by atoms with van der Waals surface area (Å²) in [5.74, 6) is -0.0792. The third-order valence-electron chi connectivity index (χ3n) is 3.70. The highest BCUT2D eigenvalue weighted by Crippen LogP contribution is 2.32. The number of hydrogen-bond acceptors (Lipinski definition) is 2. The topological polar surface area (TPSA) is 46.3 Å². The molecule has 2 N–H and O–H groups in total. The van der Waals surface area contributed by atoms with Crippen LogP contribution in [0.1, 0.15) is 28.8 Å². The number of nitrogens with zero attached hydrogens (tertiary/aromatic N) is 1. The highest BCUT2D eigenvalue weighted by atomic mass is 35.5. The first-order chi connectivity index (χ1) is 10.2. The van der Waals surface area contributed by atoms with Gasteiger partial charge in [-0.1, -0.05) is 48.0 Å². The molecule has 0 heterocycles. The van der Waals surface area contributed by atoms with Crippen molar-refractivity contribution in [3.8, 4) is 0 Å². The molecule has 0 aromatic heterocycles. The second-order valence-electron chi connectivity index (χ2n) is 5.35. The Morgan fingerprint density at radius 1 is 1.14 bits per heavy atom. The fourth-order valence-electron chi connectivity index (χ4n) is 2.44. The van der Waals surface area contributed by atoms with Crippen LogP contribution in [-0.2, 0) is 6.54 Å². The maximum absolute atomic E-state index is 12.8. The Morgan fingerprint density at radius 2 is 1.86 bits per heavy atom. The lowest BCUT2D eigenvalue weighted by atomic mass is 10.1. The van der Waals surface area contributed by atoms with E-state index in [0.717, 1.165) is 18.4 Å². The van der Waals surface area contributed by atoms with Crippen molar-refractivity contribution in [3.63, 3.8) is 0 Å². The summed E-state index contributed by atoms with van der Waals surface area (Å²) in [5, 5.41) is 0.415. The van der Waals surface area contributed by atoms with E-state index in [-0.39, 0.29) is 5.91 Å². The lowest BCUT2D eigenvalue weighted by Gasteiger charge is -2.24. The molecule has 0 aliphatic heterocycles. The minimum absolute atomic E-state index is 0.0792. The number of nitrogens with two attached hydrogens (primary N) is 1. The van der Waals surface area contributed by atoms with Gasteiger partial charge in [0, 0.05) is 18.3 Å². The van der Waals surface area contributed by atoms with Gasteiger partial charge in [-0.25, -0.2) is 0 Å². The molecule has 0 atom stereocenters. The lowest BCUT2D eigenvalue weighted by molar-refractivity contribution is 0.0731. The van der Waals surface area contributed by atoms with E-state index in [2.05, 4.69) is 0 Å². The van der Waals surface area contributed by atoms with Gasteiger partial charge in [-0.3, -0.25) is 4.79 Å². The van der Waals surface area contributed by atoms with Gasteiger partial charge in [0.1, 0.15) is 0 Å². The molecule has 1 amide bonds. The van der Waals surface area contributed by atoms with Gasteiger partial charge in [0.15, 0.2) is 0 Å². The summed E-state index contributed by atoms with van der Waals surface area (Å²) in [5.41, 5.74) is 7.91. The Balaban J connectivity index is 1.89. The summed E-state index contributed by atoms with van der Waals surface area (Å²) in [7, 11) is 0. The largest absolute Gasteiger partial charge is 0.398 e. The van der Waals surface area contributed by atoms with Crippen LogP contribution in [0.5, 0.6) is 0 Å². The molecule has 1 aliphatic rings. The van der Waals surface area contributed by atoms with Crippen molar-refractivity contribution in [1.82, 2.24) is 4.90 Å². The molecule has 0 radical (unpaired) electrons. The Morgan fingerprint density at radius 3 is 2.48 bits per heavy atom. The standard InChI is InChI=1S/C17H17ClN2O/c18-14-7-4-8-15(19)16(14)17(21)20(13-9-10-13)11-12-5-2-1-3-6-12/h1-8,13H,9-11,19H2. The zero-order valence-corrected chi connectivity index (χ0v) is 12.4. The Hall–Kier alpha value is -2.00. The first-order valence-electron chi connectivity index (χ1n) is 7.05. The van der Waals surface area contributed by atoms with Crippen LogP contribution in [-0.4, -0.2) is 16.8 Å². The molecular formula is C17H17ClN2O. The molecule has 0 spiro atoms. The highest BCUT2D eigenvalue weighted by molar-refractivity contribution is 6.34. The van der Waals surface area contributed by atoms with Crippen LogP contribution < -0.4 is 5.73 Å². The maximum atomic E-state index is 12.8. The molecule has 0 unspecified atom stereocenters. The van der Waals surface area contributed by atoms with E-state index in [1.54, 1.807) is 18.2 Å². The van der Waals surface area contributed by atoms with E-state index in [9.17, 15) is 4.79 Å². The second-order valence-corrected chi connectivity index (χ2v) is 5.76. The molecule has 21 heavy (non-hydrogen) atoms. The molecule has 4 heteroatoms. The average molecular weight is 301 g/mol. The summed E-state index contributed by atoms with van der Waals surface area (Å²) in [4.78, 5) is 14.7. The fraction of sp³-hybridized carbons (Fsp3) is 0.235. The summed E-state index contributed by atoms with van der Waals surface area (Å²) in [6, 6.07) is 15.5. The van der Waals surface area contributed by atoms with Crippen molar-refractivity contribution in [1.29, 1.82) is 0 Å². The van der Waals surface area contributed by atoms with Crippen molar-refractivity contribution < 1.29 is 4.79 Å². The molecule has 1 fully saturated rings. The van der Waals surface area contributed by atoms with Gasteiger partial charge < -0.3 is 10.6 Å². The van der Waals surface area contributed by atoms with Gasteiger partial charge >= 0.3 is 0 Å². The first kappa shape index (κ1) is 14.0. The summed E-state index contributed by atoms with van der Waals surface area (Å²) in [6.07, 6.45) is 2.09. The first-order valence-corrected chi connectivity index (χ1v) is 7.43. The van der Waals surface area contributed by atoms with Gasteiger partial charge in [-0.05, 0) is 30.5 Å². The van der Waals surface area contributed by atoms with Crippen molar-refractivity contribution in [3.05, 3.63) is 64.7 Å². The summed E-state index contributed by atoms with van der Waals surface area (Å²) < 4.78 is 0. The van der Waals surface area contributed by atoms with Gasteiger partial charge in [-0.15, -0.1) is 0 Å². The van der Waals surface area contributed by atoms with E-state index in [1.165, 1.54) is 0 Å². The van der Waals surface area contributed by atoms with Crippen LogP contribution in [0.25, 0.3) is 0 Å². The molecule has 108 valence electrons. The number of rotatable bonds is 4. The predicted molar refractivity (Wildman–Crippen MR) is 85.2 cm³/mol. The molecule has 3 rings (SSSR count). The van der Waals surface area contributed by atoms with Crippen molar-refractivity contribution in [2.75, 3.05) is 5.73 Å². The number of halogens is 1. The minimum atomic E-state index is -0.0792. The van der Waals surface area contributed by atoms with Crippen molar-refractivity contribution >= 4 is 23.2 Å². The van der Waals surface area contributed by atoms with Crippen molar-refractivity contribution in [2.24, 2.45) is 0 Å². The third-order valence-corrected chi connectivity index (χ3v) is 4.02. The fourth-order valence-corrected chi connectivity index (χ4v) is 2.71. The quantitative estimate of drug-likeness (QED) is 0.875. The maximum Gasteiger partial charge on any atom is 0.258 e. The third kappa shape index (κ3) is 3.03. The van der Waals surface area contributed by atoms with Crippen LogP contribution in [0.15, 0.2) is 48.5 Å². The summed E-state index contributed by atoms with van der Waals surface area (Å²) >= 11 is 6.17. The lowest BCUT2D eigenvalue weighted by Crippen LogP contribution is -2.33. The number of hydrogen-bond donors (Lipinski definition) is 1. The number of amides is 1. The smallest absolute Gasteiger partial charge is 0.258 e. The van der Waals surface area contributed by atoms with Crippen LogP contribution in [0.3, 0.4) is 0 Å². The Labute approximate surface area is 129 Å². The van der Waals surface area contributed by atoms with E-state index in [1.807, 2.05) is 35.2 Å². The van der Waals surface area contributed by atoms with Gasteiger partial charge in [0.2, 0.25) is 0 Å². The van der Waals surface area contributed by atoms with Crippen molar-refractivity contribution in [2.45, 2.75) is 25.4 Å². The van der Waals surface area contributed by atoms with Crippen LogP contribution in [0, 0.1) is 0 Å².